The van der Waals surface area contributed by atoms with Gasteiger partial charge in [0.1, 0.15) is 0 Å². The lowest BCUT2D eigenvalue weighted by Crippen LogP contribution is -2.33. The molecule has 2 heterocycles. The van der Waals surface area contributed by atoms with Crippen LogP contribution in [0.15, 0.2) is 36.5 Å². The molecule has 0 saturated heterocycles. The molecule has 2 aliphatic rings. The average molecular weight is 409 g/mol. The number of hydrogen-bond acceptors (Lipinski definition) is 6. The highest BCUT2D eigenvalue weighted by atomic mass is 16.5. The van der Waals surface area contributed by atoms with Crippen molar-refractivity contribution in [2.24, 2.45) is 0 Å². The van der Waals surface area contributed by atoms with Gasteiger partial charge in [-0.2, -0.15) is 0 Å². The molecule has 0 bridgehead atoms. The Morgan fingerprint density at radius 3 is 2.83 bits per heavy atom. The van der Waals surface area contributed by atoms with Crippen LogP contribution < -0.4 is 15.4 Å². The molecule has 2 N–H and O–H groups in total. The third kappa shape index (κ3) is 4.62. The van der Waals surface area contributed by atoms with Crippen LogP contribution in [-0.4, -0.2) is 54.4 Å². The lowest BCUT2D eigenvalue weighted by atomic mass is 10.00. The minimum atomic E-state index is -0.739. The molecule has 7 nitrogen and oxygen atoms in total. The molecule has 1 fully saturated rings. The van der Waals surface area contributed by atoms with Crippen LogP contribution in [0.4, 0.5) is 5.69 Å². The summed E-state index contributed by atoms with van der Waals surface area (Å²) in [4.78, 5) is 30.3. The first-order valence-electron chi connectivity index (χ1n) is 10.5. The van der Waals surface area contributed by atoms with Crippen LogP contribution in [0.3, 0.4) is 0 Å². The van der Waals surface area contributed by atoms with E-state index >= 15 is 0 Å². The third-order valence-corrected chi connectivity index (χ3v) is 5.79. The molecule has 158 valence electrons. The largest absolute Gasteiger partial charge is 0.462 e. The van der Waals surface area contributed by atoms with E-state index in [-0.39, 0.29) is 5.91 Å². The molecular weight excluding hydrogens is 380 g/mol. The van der Waals surface area contributed by atoms with E-state index in [1.807, 2.05) is 0 Å². The third-order valence-electron chi connectivity index (χ3n) is 5.79. The molecule has 0 radical (unpaired) electrons. The Kier molecular flexibility index (Phi) is 5.99. The summed E-state index contributed by atoms with van der Waals surface area (Å²) in [5.41, 5.74) is 3.18. The second kappa shape index (κ2) is 8.83. The maximum Gasteiger partial charge on any atom is 0.252 e. The number of pyridine rings is 1. The van der Waals surface area contributed by atoms with Crippen molar-refractivity contribution in [1.82, 2.24) is 15.2 Å². The van der Waals surface area contributed by atoms with E-state index in [0.717, 1.165) is 38.8 Å². The first kappa shape index (κ1) is 20.3. The van der Waals surface area contributed by atoms with E-state index in [1.165, 1.54) is 17.3 Å². The fourth-order valence-corrected chi connectivity index (χ4v) is 3.75. The summed E-state index contributed by atoms with van der Waals surface area (Å²) in [6.07, 6.45) is 5.70. The van der Waals surface area contributed by atoms with Gasteiger partial charge >= 0.3 is 0 Å². The van der Waals surface area contributed by atoms with Crippen molar-refractivity contribution in [3.05, 3.63) is 53.2 Å². The van der Waals surface area contributed by atoms with Gasteiger partial charge in [-0.3, -0.25) is 14.5 Å². The summed E-state index contributed by atoms with van der Waals surface area (Å²) >= 11 is 0. The first-order chi connectivity index (χ1) is 14.6. The Hall–Kier alpha value is -2.93. The summed E-state index contributed by atoms with van der Waals surface area (Å²) in [6, 6.07) is 10.3. The van der Waals surface area contributed by atoms with Crippen LogP contribution in [0.2, 0.25) is 0 Å². The van der Waals surface area contributed by atoms with Crippen LogP contribution in [0, 0.1) is 0 Å². The number of aldehydes is 1. The predicted octanol–water partition coefficient (Wildman–Crippen LogP) is 2.41. The van der Waals surface area contributed by atoms with Gasteiger partial charge in [-0.25, -0.2) is 4.98 Å². The Morgan fingerprint density at radius 1 is 1.30 bits per heavy atom. The molecule has 0 spiro atoms. The Bertz CT molecular complexity index is 926. The zero-order valence-electron chi connectivity index (χ0n) is 17.3. The van der Waals surface area contributed by atoms with Crippen molar-refractivity contribution in [1.29, 1.82) is 0 Å². The minimum absolute atomic E-state index is 0.161. The topological polar surface area (TPSA) is 83.6 Å². The van der Waals surface area contributed by atoms with Crippen molar-refractivity contribution < 1.29 is 14.3 Å². The maximum atomic E-state index is 12.5. The summed E-state index contributed by atoms with van der Waals surface area (Å²) in [5.74, 6) is 0.190. The zero-order chi connectivity index (χ0) is 21.0. The van der Waals surface area contributed by atoms with Gasteiger partial charge in [-0.05, 0) is 42.9 Å². The van der Waals surface area contributed by atoms with E-state index in [0.29, 0.717) is 36.5 Å². The second-order valence-electron chi connectivity index (χ2n) is 8.02. The molecule has 0 unspecified atom stereocenters. The second-order valence-corrected chi connectivity index (χ2v) is 8.02. The van der Waals surface area contributed by atoms with Crippen LogP contribution in [0.25, 0.3) is 0 Å². The predicted molar refractivity (Wildman–Crippen MR) is 115 cm³/mol. The molecule has 1 aliphatic heterocycles. The molecule has 1 aromatic carbocycles. The number of fused-ring (bicyclic) bond motifs is 1. The van der Waals surface area contributed by atoms with Crippen molar-refractivity contribution in [3.8, 4) is 5.88 Å². The fourth-order valence-electron chi connectivity index (χ4n) is 3.75. The molecule has 30 heavy (non-hydrogen) atoms. The van der Waals surface area contributed by atoms with Gasteiger partial charge in [0.25, 0.3) is 5.91 Å². The molecular formula is C23H28N4O3. The summed E-state index contributed by atoms with van der Waals surface area (Å²) in [5, 5.41) is 5.96. The van der Waals surface area contributed by atoms with Gasteiger partial charge < -0.3 is 15.4 Å². The van der Waals surface area contributed by atoms with Gasteiger partial charge in [0.2, 0.25) is 5.88 Å². The minimum Gasteiger partial charge on any atom is -0.462 e. The molecule has 1 saturated carbocycles. The number of ether oxygens (including phenoxy) is 1. The van der Waals surface area contributed by atoms with E-state index < -0.39 is 5.60 Å². The standard InChI is InChI=1S/C23H28N4O3/c1-24-20-13-19(14-26-22(20)30-23(16-28)8-9-23)21(29)25-10-4-11-27-12-7-17-5-2-3-6-18(17)15-27/h2-3,5-6,13-14,16,24H,4,7-12,15H2,1H3,(H,25,29). The van der Waals surface area contributed by atoms with Gasteiger partial charge in [0.15, 0.2) is 11.9 Å². The number of hydrogen-bond donors (Lipinski definition) is 2. The monoisotopic (exact) mass is 408 g/mol. The van der Waals surface area contributed by atoms with Crippen molar-refractivity contribution in [2.45, 2.75) is 37.8 Å². The normalized spacial score (nSPS) is 17.0. The lowest BCUT2D eigenvalue weighted by molar-refractivity contribution is -0.115. The van der Waals surface area contributed by atoms with Gasteiger partial charge in [-0.1, -0.05) is 24.3 Å². The van der Waals surface area contributed by atoms with E-state index in [1.54, 1.807) is 13.1 Å². The van der Waals surface area contributed by atoms with Crippen molar-refractivity contribution >= 4 is 17.9 Å². The van der Waals surface area contributed by atoms with Crippen LogP contribution >= 0.6 is 0 Å². The van der Waals surface area contributed by atoms with Crippen LogP contribution in [0.1, 0.15) is 40.7 Å². The number of benzene rings is 1. The number of nitrogens with one attached hydrogen (secondary N) is 2. The van der Waals surface area contributed by atoms with Gasteiger partial charge in [0, 0.05) is 39.4 Å². The summed E-state index contributed by atoms with van der Waals surface area (Å²) in [7, 11) is 1.74. The van der Waals surface area contributed by atoms with E-state index in [9.17, 15) is 9.59 Å². The molecule has 4 rings (SSSR count). The molecule has 1 aromatic heterocycles. The van der Waals surface area contributed by atoms with Gasteiger partial charge in [-0.15, -0.1) is 0 Å². The Labute approximate surface area is 176 Å². The number of carbonyl (C=O) groups is 2. The molecule has 1 aliphatic carbocycles. The van der Waals surface area contributed by atoms with Crippen molar-refractivity contribution in [3.63, 3.8) is 0 Å². The summed E-state index contributed by atoms with van der Waals surface area (Å²) < 4.78 is 5.73. The number of nitrogens with zero attached hydrogens (tertiary/aromatic N) is 2. The first-order valence-corrected chi connectivity index (χ1v) is 10.5. The number of rotatable bonds is 9. The summed E-state index contributed by atoms with van der Waals surface area (Å²) in [6.45, 7) is 3.60. The van der Waals surface area contributed by atoms with Crippen LogP contribution in [-0.2, 0) is 17.8 Å². The maximum absolute atomic E-state index is 12.5. The van der Waals surface area contributed by atoms with E-state index in [4.69, 9.17) is 4.74 Å². The highest BCUT2D eigenvalue weighted by Crippen LogP contribution is 2.39. The molecule has 0 atom stereocenters. The average Bonchev–Trinajstić information content (AvgIpc) is 3.56. The van der Waals surface area contributed by atoms with E-state index in [2.05, 4.69) is 44.8 Å². The number of aromatic nitrogens is 1. The Balaban J connectivity index is 1.25. The smallest absolute Gasteiger partial charge is 0.252 e. The lowest BCUT2D eigenvalue weighted by Gasteiger charge is -2.28. The van der Waals surface area contributed by atoms with Gasteiger partial charge in [0.05, 0.1) is 11.3 Å². The SMILES string of the molecule is CNc1cc(C(=O)NCCCN2CCc3ccccc3C2)cnc1OC1(C=O)CC1. The number of amides is 1. The molecule has 7 heteroatoms. The highest BCUT2D eigenvalue weighted by molar-refractivity contribution is 5.95. The van der Waals surface area contributed by atoms with Crippen molar-refractivity contribution in [2.75, 3.05) is 32.0 Å². The zero-order valence-corrected chi connectivity index (χ0v) is 17.3. The molecule has 2 aromatic rings. The highest BCUT2D eigenvalue weighted by Gasteiger charge is 2.46. The Morgan fingerprint density at radius 2 is 2.10 bits per heavy atom. The fraction of sp³-hybridized carbons (Fsp3) is 0.435. The van der Waals surface area contributed by atoms with Crippen LogP contribution in [0.5, 0.6) is 5.88 Å². The quantitative estimate of drug-likeness (QED) is 0.490. The molecule has 1 amide bonds. The number of carbonyl (C=O) groups excluding carboxylic acids is 2. The number of anilines is 1.